The van der Waals surface area contributed by atoms with Crippen molar-refractivity contribution in [1.29, 1.82) is 0 Å². The summed E-state index contributed by atoms with van der Waals surface area (Å²) in [5.41, 5.74) is 0. The lowest BCUT2D eigenvalue weighted by atomic mass is 10.2. The van der Waals surface area contributed by atoms with E-state index in [4.69, 9.17) is 4.99 Å². The van der Waals surface area contributed by atoms with E-state index in [1.165, 1.54) is 0 Å². The highest BCUT2D eigenvalue weighted by Gasteiger charge is 2.21. The standard InChI is InChI=1S/C16H32N8.HI/c1-5-15-21-20-13-24(15)8-7-18-16(17-6-2)19-11-14-12-22(3)9-10-23(14)4;/h13-14H,5-12H2,1-4H3,(H2,17,18,19);1H. The van der Waals surface area contributed by atoms with Crippen LogP contribution in [0.5, 0.6) is 0 Å². The number of hydrogen-bond donors (Lipinski definition) is 2. The molecule has 8 nitrogen and oxygen atoms in total. The van der Waals surface area contributed by atoms with Crippen LogP contribution in [0, 0.1) is 0 Å². The van der Waals surface area contributed by atoms with Crippen LogP contribution in [-0.4, -0.2) is 89.9 Å². The molecule has 1 aliphatic rings. The molecule has 0 aromatic carbocycles. The van der Waals surface area contributed by atoms with Gasteiger partial charge in [0.15, 0.2) is 5.96 Å². The summed E-state index contributed by atoms with van der Waals surface area (Å²) in [7, 11) is 4.36. The SMILES string of the molecule is CCNC(=NCC1CN(C)CCN1C)NCCn1cnnc1CC.I. The third-order valence-electron chi connectivity index (χ3n) is 4.44. The zero-order valence-corrected chi connectivity index (χ0v) is 18.2. The van der Waals surface area contributed by atoms with E-state index < -0.39 is 0 Å². The average molecular weight is 464 g/mol. The number of aryl methyl sites for hydroxylation is 1. The molecule has 2 N–H and O–H groups in total. The Kier molecular flexibility index (Phi) is 10.3. The van der Waals surface area contributed by atoms with Gasteiger partial charge in [-0.05, 0) is 21.0 Å². The van der Waals surface area contributed by atoms with Crippen LogP contribution in [0.1, 0.15) is 19.7 Å². The molecule has 0 amide bonds. The number of nitrogens with zero attached hydrogens (tertiary/aromatic N) is 6. The molecule has 1 saturated heterocycles. The predicted molar refractivity (Wildman–Crippen MR) is 113 cm³/mol. The Morgan fingerprint density at radius 1 is 1.28 bits per heavy atom. The van der Waals surface area contributed by atoms with Crippen molar-refractivity contribution in [2.45, 2.75) is 32.9 Å². The molecular weight excluding hydrogens is 431 g/mol. The van der Waals surface area contributed by atoms with Gasteiger partial charge in [-0.3, -0.25) is 9.89 Å². The van der Waals surface area contributed by atoms with E-state index in [1.54, 1.807) is 6.33 Å². The number of halogens is 1. The number of aromatic nitrogens is 3. The highest BCUT2D eigenvalue weighted by Crippen LogP contribution is 2.06. The summed E-state index contributed by atoms with van der Waals surface area (Å²) in [4.78, 5) is 9.54. The summed E-state index contributed by atoms with van der Waals surface area (Å²) in [5, 5.41) is 14.8. The van der Waals surface area contributed by atoms with E-state index in [9.17, 15) is 0 Å². The summed E-state index contributed by atoms with van der Waals surface area (Å²) in [6.45, 7) is 10.8. The minimum absolute atomic E-state index is 0. The zero-order valence-electron chi connectivity index (χ0n) is 15.9. The Morgan fingerprint density at radius 3 is 2.80 bits per heavy atom. The van der Waals surface area contributed by atoms with E-state index >= 15 is 0 Å². The normalized spacial score (nSPS) is 19.5. The maximum Gasteiger partial charge on any atom is 0.191 e. The van der Waals surface area contributed by atoms with Crippen LogP contribution in [-0.2, 0) is 13.0 Å². The molecule has 144 valence electrons. The first-order valence-electron chi connectivity index (χ1n) is 8.91. The summed E-state index contributed by atoms with van der Waals surface area (Å²) < 4.78 is 2.08. The van der Waals surface area contributed by atoms with Crippen molar-refractivity contribution in [3.05, 3.63) is 12.2 Å². The Morgan fingerprint density at radius 2 is 2.08 bits per heavy atom. The molecule has 0 radical (unpaired) electrons. The van der Waals surface area contributed by atoms with Gasteiger partial charge in [0.1, 0.15) is 12.2 Å². The van der Waals surface area contributed by atoms with Gasteiger partial charge in [0.25, 0.3) is 0 Å². The molecule has 0 saturated carbocycles. The lowest BCUT2D eigenvalue weighted by Gasteiger charge is -2.36. The highest BCUT2D eigenvalue weighted by atomic mass is 127. The number of likely N-dealkylation sites (N-methyl/N-ethyl adjacent to an activating group) is 2. The molecule has 1 unspecified atom stereocenters. The van der Waals surface area contributed by atoms with Crippen molar-refractivity contribution in [3.63, 3.8) is 0 Å². The maximum atomic E-state index is 4.77. The predicted octanol–water partition coefficient (Wildman–Crippen LogP) is 0.259. The van der Waals surface area contributed by atoms with Crippen LogP contribution in [0.15, 0.2) is 11.3 Å². The molecule has 0 aliphatic carbocycles. The second-order valence-corrected chi connectivity index (χ2v) is 6.34. The topological polar surface area (TPSA) is 73.6 Å². The van der Waals surface area contributed by atoms with E-state index in [0.29, 0.717) is 6.04 Å². The summed E-state index contributed by atoms with van der Waals surface area (Å²) in [6, 6.07) is 0.476. The van der Waals surface area contributed by atoms with Gasteiger partial charge in [-0.15, -0.1) is 34.2 Å². The number of aliphatic imine (C=N–C) groups is 1. The van der Waals surface area contributed by atoms with Gasteiger partial charge in [-0.25, -0.2) is 0 Å². The fraction of sp³-hybridized carbons (Fsp3) is 0.812. The van der Waals surface area contributed by atoms with Gasteiger partial charge in [0, 0.05) is 51.7 Å². The summed E-state index contributed by atoms with van der Waals surface area (Å²) >= 11 is 0. The third kappa shape index (κ3) is 7.06. The fourth-order valence-corrected chi connectivity index (χ4v) is 2.87. The number of guanidine groups is 1. The Hall–Kier alpha value is -0.940. The largest absolute Gasteiger partial charge is 0.357 e. The smallest absolute Gasteiger partial charge is 0.191 e. The van der Waals surface area contributed by atoms with Crippen molar-refractivity contribution in [1.82, 2.24) is 35.2 Å². The van der Waals surface area contributed by atoms with Gasteiger partial charge in [0.2, 0.25) is 0 Å². The Bertz CT molecular complexity index is 518. The summed E-state index contributed by atoms with van der Waals surface area (Å²) in [5.74, 6) is 1.90. The first-order valence-corrected chi connectivity index (χ1v) is 8.91. The molecule has 0 spiro atoms. The minimum atomic E-state index is 0. The quantitative estimate of drug-likeness (QED) is 0.343. The van der Waals surface area contributed by atoms with Crippen molar-refractivity contribution in [2.75, 3.05) is 53.4 Å². The molecule has 1 aromatic heterocycles. The van der Waals surface area contributed by atoms with Gasteiger partial charge >= 0.3 is 0 Å². The number of rotatable bonds is 7. The molecule has 2 heterocycles. The van der Waals surface area contributed by atoms with Gasteiger partial charge in [-0.2, -0.15) is 0 Å². The second-order valence-electron chi connectivity index (χ2n) is 6.34. The van der Waals surface area contributed by atoms with Crippen molar-refractivity contribution < 1.29 is 0 Å². The lowest BCUT2D eigenvalue weighted by Crippen LogP contribution is -2.51. The summed E-state index contributed by atoms with van der Waals surface area (Å²) in [6.07, 6.45) is 2.69. The molecule has 1 aliphatic heterocycles. The highest BCUT2D eigenvalue weighted by molar-refractivity contribution is 14.0. The number of hydrogen-bond acceptors (Lipinski definition) is 5. The van der Waals surface area contributed by atoms with Gasteiger partial charge in [-0.1, -0.05) is 6.92 Å². The third-order valence-corrected chi connectivity index (χ3v) is 4.44. The molecule has 25 heavy (non-hydrogen) atoms. The van der Waals surface area contributed by atoms with Crippen LogP contribution in [0.4, 0.5) is 0 Å². The van der Waals surface area contributed by atoms with E-state index in [0.717, 1.165) is 64.0 Å². The maximum absolute atomic E-state index is 4.77. The van der Waals surface area contributed by atoms with E-state index in [-0.39, 0.29) is 24.0 Å². The van der Waals surface area contributed by atoms with Crippen molar-refractivity contribution >= 4 is 29.9 Å². The first kappa shape index (κ1) is 22.1. The lowest BCUT2D eigenvalue weighted by molar-refractivity contribution is 0.119. The zero-order chi connectivity index (χ0) is 17.4. The molecule has 2 rings (SSSR count). The first-order chi connectivity index (χ1) is 11.6. The van der Waals surface area contributed by atoms with Crippen LogP contribution >= 0.6 is 24.0 Å². The molecule has 1 aromatic rings. The number of nitrogens with one attached hydrogen (secondary N) is 2. The van der Waals surface area contributed by atoms with Gasteiger partial charge in [0.05, 0.1) is 6.54 Å². The monoisotopic (exact) mass is 464 g/mol. The van der Waals surface area contributed by atoms with E-state index in [1.807, 2.05) is 0 Å². The molecule has 9 heteroatoms. The van der Waals surface area contributed by atoms with Crippen LogP contribution in [0.3, 0.4) is 0 Å². The van der Waals surface area contributed by atoms with Crippen LogP contribution in [0.25, 0.3) is 0 Å². The number of piperazine rings is 1. The molecule has 0 bridgehead atoms. The Labute approximate surface area is 168 Å². The van der Waals surface area contributed by atoms with Gasteiger partial charge < -0.3 is 20.1 Å². The Balaban J connectivity index is 0.00000312. The van der Waals surface area contributed by atoms with Crippen molar-refractivity contribution in [3.8, 4) is 0 Å². The molecule has 1 atom stereocenters. The fourth-order valence-electron chi connectivity index (χ4n) is 2.87. The molecule has 1 fully saturated rings. The average Bonchev–Trinajstić information content (AvgIpc) is 3.03. The van der Waals surface area contributed by atoms with E-state index in [2.05, 4.69) is 63.1 Å². The van der Waals surface area contributed by atoms with Crippen molar-refractivity contribution in [2.24, 2.45) is 4.99 Å². The van der Waals surface area contributed by atoms with Crippen LogP contribution in [0.2, 0.25) is 0 Å². The molecular formula is C16H33IN8. The second kappa shape index (κ2) is 11.6. The van der Waals surface area contributed by atoms with Crippen LogP contribution < -0.4 is 10.6 Å². The minimum Gasteiger partial charge on any atom is -0.357 e.